The van der Waals surface area contributed by atoms with Crippen LogP contribution in [-0.4, -0.2) is 33.3 Å². The molecule has 0 saturated heterocycles. The van der Waals surface area contributed by atoms with Gasteiger partial charge in [0, 0.05) is 11.8 Å². The van der Waals surface area contributed by atoms with Gasteiger partial charge in [-0.15, -0.1) is 0 Å². The van der Waals surface area contributed by atoms with Gasteiger partial charge in [-0.25, -0.2) is 0 Å². The smallest absolute Gasteiger partial charge is 0.320 e. The summed E-state index contributed by atoms with van der Waals surface area (Å²) in [5, 5.41) is 13.2. The Morgan fingerprint density at radius 3 is 2.78 bits per heavy atom. The Labute approximate surface area is 137 Å². The predicted octanol–water partition coefficient (Wildman–Crippen LogP) is 3.39. The predicted molar refractivity (Wildman–Crippen MR) is 83.9 cm³/mol. The lowest BCUT2D eigenvalue weighted by Crippen LogP contribution is -2.16. The van der Waals surface area contributed by atoms with E-state index in [1.54, 1.807) is 0 Å². The van der Waals surface area contributed by atoms with E-state index in [1.807, 2.05) is 0 Å². The number of rotatable bonds is 4. The number of thioether (sulfide) groups is 2. The van der Waals surface area contributed by atoms with Crippen molar-refractivity contribution in [2.45, 2.75) is 6.18 Å². The van der Waals surface area contributed by atoms with Gasteiger partial charge >= 0.3 is 6.18 Å². The van der Waals surface area contributed by atoms with Crippen LogP contribution in [0.15, 0.2) is 23.2 Å². The van der Waals surface area contributed by atoms with E-state index in [4.69, 9.17) is 0 Å². The average molecular weight is 365 g/mol. The van der Waals surface area contributed by atoms with E-state index >= 15 is 0 Å². The maximum atomic E-state index is 12.6. The standard InChI is InChI=1S/C12H10F3N3O3S2/c13-12(14,15)7-1-2-8(9(5-7)18(20)21)17-10(19)6-23-11-16-3-4-22-11/h1-2,5H,3-4,6H2,(H,17,19). The summed E-state index contributed by atoms with van der Waals surface area (Å²) in [6, 6.07) is 1.97. The number of carbonyl (C=O) groups excluding carboxylic acids is 1. The van der Waals surface area contributed by atoms with Gasteiger partial charge in [-0.1, -0.05) is 23.5 Å². The first kappa shape index (κ1) is 17.6. The molecule has 0 spiro atoms. The van der Waals surface area contributed by atoms with Gasteiger partial charge in [0.05, 0.1) is 22.8 Å². The summed E-state index contributed by atoms with van der Waals surface area (Å²) in [6.45, 7) is 0.680. The van der Waals surface area contributed by atoms with E-state index in [1.165, 1.54) is 23.5 Å². The fraction of sp³-hybridized carbons (Fsp3) is 0.333. The maximum Gasteiger partial charge on any atom is 0.416 e. The van der Waals surface area contributed by atoms with Crippen LogP contribution in [0.25, 0.3) is 0 Å². The average Bonchev–Trinajstić information content (AvgIpc) is 2.97. The molecule has 1 aliphatic rings. The highest BCUT2D eigenvalue weighted by atomic mass is 32.2. The molecule has 1 aliphatic heterocycles. The zero-order chi connectivity index (χ0) is 17.0. The SMILES string of the molecule is O=C(CSC1=NCCS1)Nc1ccc(C(F)(F)F)cc1[N+](=O)[O-]. The van der Waals surface area contributed by atoms with Crippen molar-refractivity contribution >= 4 is 45.2 Å². The van der Waals surface area contributed by atoms with Gasteiger partial charge in [-0.3, -0.25) is 19.9 Å². The van der Waals surface area contributed by atoms with Crippen LogP contribution >= 0.6 is 23.5 Å². The van der Waals surface area contributed by atoms with Crippen molar-refractivity contribution < 1.29 is 22.9 Å². The number of aliphatic imine (C=N–C) groups is 1. The molecule has 0 aliphatic carbocycles. The highest BCUT2D eigenvalue weighted by Gasteiger charge is 2.33. The van der Waals surface area contributed by atoms with E-state index in [0.29, 0.717) is 18.7 Å². The second kappa shape index (κ2) is 7.21. The molecule has 0 radical (unpaired) electrons. The molecule has 0 saturated carbocycles. The molecule has 6 nitrogen and oxygen atoms in total. The Balaban J connectivity index is 2.09. The molecular formula is C12H10F3N3O3S2. The number of hydrogen-bond donors (Lipinski definition) is 1. The summed E-state index contributed by atoms with van der Waals surface area (Å²) in [6.07, 6.45) is -4.69. The van der Waals surface area contributed by atoms with Crippen LogP contribution in [0, 0.1) is 10.1 Å². The van der Waals surface area contributed by atoms with Gasteiger partial charge in [-0.05, 0) is 12.1 Å². The highest BCUT2D eigenvalue weighted by molar-refractivity contribution is 8.39. The van der Waals surface area contributed by atoms with Gasteiger partial charge in [0.1, 0.15) is 10.1 Å². The van der Waals surface area contributed by atoms with Crippen molar-refractivity contribution in [3.8, 4) is 0 Å². The van der Waals surface area contributed by atoms with Crippen LogP contribution < -0.4 is 5.32 Å². The lowest BCUT2D eigenvalue weighted by molar-refractivity contribution is -0.384. The van der Waals surface area contributed by atoms with Gasteiger partial charge in [0.2, 0.25) is 5.91 Å². The first-order valence-corrected chi connectivity index (χ1v) is 8.20. The molecule has 1 aromatic rings. The molecular weight excluding hydrogens is 355 g/mol. The van der Waals surface area contributed by atoms with Gasteiger partial charge in [0.15, 0.2) is 0 Å². The lowest BCUT2D eigenvalue weighted by Gasteiger charge is -2.09. The number of nitrogens with zero attached hydrogens (tertiary/aromatic N) is 2. The minimum Gasteiger partial charge on any atom is -0.320 e. The lowest BCUT2D eigenvalue weighted by atomic mass is 10.1. The van der Waals surface area contributed by atoms with Crippen molar-refractivity contribution in [3.05, 3.63) is 33.9 Å². The van der Waals surface area contributed by atoms with Crippen molar-refractivity contribution in [2.24, 2.45) is 4.99 Å². The van der Waals surface area contributed by atoms with E-state index in [-0.39, 0.29) is 11.4 Å². The topological polar surface area (TPSA) is 84.6 Å². The molecule has 1 heterocycles. The van der Waals surface area contributed by atoms with Gasteiger partial charge in [-0.2, -0.15) is 13.2 Å². The molecule has 23 heavy (non-hydrogen) atoms. The van der Waals surface area contributed by atoms with Crippen LogP contribution in [0.3, 0.4) is 0 Å². The number of anilines is 1. The minimum absolute atomic E-state index is 0.0238. The number of nitro benzene ring substituents is 1. The second-order valence-corrected chi connectivity index (χ2v) is 6.63. The first-order chi connectivity index (χ1) is 10.8. The highest BCUT2D eigenvalue weighted by Crippen LogP contribution is 2.35. The zero-order valence-electron chi connectivity index (χ0n) is 11.4. The monoisotopic (exact) mass is 365 g/mol. The number of nitro groups is 1. The van der Waals surface area contributed by atoms with Crippen LogP contribution in [-0.2, 0) is 11.0 Å². The normalized spacial score (nSPS) is 14.5. The largest absolute Gasteiger partial charge is 0.416 e. The van der Waals surface area contributed by atoms with Crippen LogP contribution in [0.2, 0.25) is 0 Å². The molecule has 124 valence electrons. The molecule has 11 heteroatoms. The molecule has 2 rings (SSSR count). The Morgan fingerprint density at radius 2 is 2.22 bits per heavy atom. The number of benzene rings is 1. The van der Waals surface area contributed by atoms with Crippen molar-refractivity contribution in [3.63, 3.8) is 0 Å². The summed E-state index contributed by atoms with van der Waals surface area (Å²) < 4.78 is 38.5. The Kier molecular flexibility index (Phi) is 5.52. The van der Waals surface area contributed by atoms with Gasteiger partial charge < -0.3 is 5.32 Å². The summed E-state index contributed by atoms with van der Waals surface area (Å²) in [7, 11) is 0. The van der Waals surface area contributed by atoms with Crippen molar-refractivity contribution in [2.75, 3.05) is 23.4 Å². The van der Waals surface area contributed by atoms with Crippen molar-refractivity contribution in [1.29, 1.82) is 0 Å². The number of nitrogens with one attached hydrogen (secondary N) is 1. The third kappa shape index (κ3) is 4.86. The molecule has 0 atom stereocenters. The summed E-state index contributed by atoms with van der Waals surface area (Å²) in [5.74, 6) is 0.270. The Bertz CT molecular complexity index is 665. The summed E-state index contributed by atoms with van der Waals surface area (Å²) in [4.78, 5) is 25.9. The summed E-state index contributed by atoms with van der Waals surface area (Å²) >= 11 is 2.69. The second-order valence-electron chi connectivity index (χ2n) is 4.32. The van der Waals surface area contributed by atoms with Gasteiger partial charge in [0.25, 0.3) is 5.69 Å². The number of hydrogen-bond acceptors (Lipinski definition) is 6. The fourth-order valence-corrected chi connectivity index (χ4v) is 3.49. The van der Waals surface area contributed by atoms with Crippen LogP contribution in [0.1, 0.15) is 5.56 Å². The number of alkyl halides is 3. The molecule has 0 fully saturated rings. The fourth-order valence-electron chi connectivity index (χ4n) is 1.68. The molecule has 0 bridgehead atoms. The van der Waals surface area contributed by atoms with E-state index in [9.17, 15) is 28.1 Å². The molecule has 1 amide bonds. The molecule has 1 aromatic carbocycles. The third-order valence-corrected chi connectivity index (χ3v) is 4.93. The van der Waals surface area contributed by atoms with Crippen LogP contribution in [0.5, 0.6) is 0 Å². The van der Waals surface area contributed by atoms with E-state index in [0.717, 1.165) is 16.2 Å². The zero-order valence-corrected chi connectivity index (χ0v) is 13.1. The maximum absolute atomic E-state index is 12.6. The van der Waals surface area contributed by atoms with Crippen molar-refractivity contribution in [1.82, 2.24) is 0 Å². The quantitative estimate of drug-likeness (QED) is 0.653. The number of amides is 1. The number of halogens is 3. The summed E-state index contributed by atoms with van der Waals surface area (Å²) in [5.41, 5.74) is -2.21. The van der Waals surface area contributed by atoms with E-state index < -0.39 is 28.3 Å². The molecule has 0 aromatic heterocycles. The Morgan fingerprint density at radius 1 is 1.48 bits per heavy atom. The Hall–Kier alpha value is -1.75. The molecule has 0 unspecified atom stereocenters. The first-order valence-electron chi connectivity index (χ1n) is 6.23. The number of carbonyl (C=O) groups is 1. The molecule has 1 N–H and O–H groups in total. The van der Waals surface area contributed by atoms with Crippen LogP contribution in [0.4, 0.5) is 24.5 Å². The minimum atomic E-state index is -4.69. The third-order valence-electron chi connectivity index (χ3n) is 2.68. The van der Waals surface area contributed by atoms with E-state index in [2.05, 4.69) is 10.3 Å².